The van der Waals surface area contributed by atoms with Crippen LogP contribution in [0.3, 0.4) is 0 Å². The molecule has 0 bridgehead atoms. The molecule has 1 aromatic rings. The van der Waals surface area contributed by atoms with Crippen LogP contribution >= 0.6 is 11.3 Å². The van der Waals surface area contributed by atoms with Gasteiger partial charge in [0.25, 0.3) is 0 Å². The Bertz CT molecular complexity index is 385. The van der Waals surface area contributed by atoms with Crippen molar-refractivity contribution in [3.8, 4) is 0 Å². The number of hydrogen-bond acceptors (Lipinski definition) is 3. The van der Waals surface area contributed by atoms with Crippen LogP contribution in [0.1, 0.15) is 23.3 Å². The van der Waals surface area contributed by atoms with Gasteiger partial charge in [-0.2, -0.15) is 0 Å². The van der Waals surface area contributed by atoms with Gasteiger partial charge in [0.05, 0.1) is 13.1 Å². The Kier molecular flexibility index (Phi) is 4.18. The molecule has 17 heavy (non-hydrogen) atoms. The Morgan fingerprint density at radius 1 is 1.59 bits per heavy atom. The van der Waals surface area contributed by atoms with Crippen LogP contribution in [0, 0.1) is 12.8 Å². The lowest BCUT2D eigenvalue weighted by Gasteiger charge is -2.17. The summed E-state index contributed by atoms with van der Waals surface area (Å²) in [5.41, 5.74) is 1.28. The Morgan fingerprint density at radius 2 is 2.35 bits per heavy atom. The predicted octanol–water partition coefficient (Wildman–Crippen LogP) is 2.01. The zero-order valence-corrected chi connectivity index (χ0v) is 11.3. The molecule has 4 heteroatoms. The fraction of sp³-hybridized carbons (Fsp3) is 0.615. The first-order valence-corrected chi connectivity index (χ1v) is 7.02. The SMILES string of the molecule is Cc1ccsc1CN(C)C(=O)CNCC1CC1. The van der Waals surface area contributed by atoms with Gasteiger partial charge >= 0.3 is 0 Å². The molecule has 1 heterocycles. The van der Waals surface area contributed by atoms with E-state index >= 15 is 0 Å². The highest BCUT2D eigenvalue weighted by atomic mass is 32.1. The number of nitrogens with one attached hydrogen (secondary N) is 1. The van der Waals surface area contributed by atoms with Crippen LogP contribution in [0.25, 0.3) is 0 Å². The topological polar surface area (TPSA) is 32.3 Å². The monoisotopic (exact) mass is 252 g/mol. The summed E-state index contributed by atoms with van der Waals surface area (Å²) in [6, 6.07) is 2.10. The minimum atomic E-state index is 0.179. The summed E-state index contributed by atoms with van der Waals surface area (Å²) in [5.74, 6) is 1.01. The minimum absolute atomic E-state index is 0.179. The first kappa shape index (κ1) is 12.6. The maximum atomic E-state index is 11.9. The number of rotatable bonds is 6. The summed E-state index contributed by atoms with van der Waals surface area (Å²) in [6.07, 6.45) is 2.65. The Morgan fingerprint density at radius 3 is 2.94 bits per heavy atom. The lowest BCUT2D eigenvalue weighted by atomic mass is 10.3. The molecule has 0 spiro atoms. The smallest absolute Gasteiger partial charge is 0.236 e. The highest BCUT2D eigenvalue weighted by molar-refractivity contribution is 7.10. The molecule has 0 radical (unpaired) electrons. The van der Waals surface area contributed by atoms with Crippen LogP contribution in [-0.4, -0.2) is 30.9 Å². The third-order valence-electron chi connectivity index (χ3n) is 3.18. The Labute approximate surface area is 107 Å². The number of carbonyl (C=O) groups is 1. The number of amides is 1. The first-order chi connectivity index (χ1) is 8.16. The summed E-state index contributed by atoms with van der Waals surface area (Å²) >= 11 is 1.72. The molecule has 0 aliphatic heterocycles. The van der Waals surface area contributed by atoms with Gasteiger partial charge in [0.1, 0.15) is 0 Å². The summed E-state index contributed by atoms with van der Waals surface area (Å²) < 4.78 is 0. The second kappa shape index (κ2) is 5.65. The average Bonchev–Trinajstić information content (AvgIpc) is 3.04. The number of hydrogen-bond donors (Lipinski definition) is 1. The van der Waals surface area contributed by atoms with Crippen LogP contribution < -0.4 is 5.32 Å². The highest BCUT2D eigenvalue weighted by Gasteiger charge is 2.21. The predicted molar refractivity (Wildman–Crippen MR) is 71.1 cm³/mol. The largest absolute Gasteiger partial charge is 0.340 e. The molecule has 0 atom stereocenters. The van der Waals surface area contributed by atoms with Crippen molar-refractivity contribution in [2.75, 3.05) is 20.1 Å². The van der Waals surface area contributed by atoms with Crippen LogP contribution in [0.5, 0.6) is 0 Å². The summed E-state index contributed by atoms with van der Waals surface area (Å²) in [4.78, 5) is 14.9. The molecule has 0 unspecified atom stereocenters. The quantitative estimate of drug-likeness (QED) is 0.840. The van der Waals surface area contributed by atoms with Crippen LogP contribution in [0.4, 0.5) is 0 Å². The third-order valence-corrected chi connectivity index (χ3v) is 4.19. The molecule has 1 N–H and O–H groups in total. The van der Waals surface area contributed by atoms with Crippen LogP contribution in [0.2, 0.25) is 0 Å². The van der Waals surface area contributed by atoms with E-state index in [0.29, 0.717) is 6.54 Å². The van der Waals surface area contributed by atoms with Gasteiger partial charge in [-0.25, -0.2) is 0 Å². The van der Waals surface area contributed by atoms with Crippen molar-refractivity contribution in [3.05, 3.63) is 21.9 Å². The first-order valence-electron chi connectivity index (χ1n) is 6.14. The second-order valence-electron chi connectivity index (χ2n) is 4.85. The molecule has 0 aromatic carbocycles. The maximum absolute atomic E-state index is 11.9. The van der Waals surface area contributed by atoms with Crippen LogP contribution in [0.15, 0.2) is 11.4 Å². The van der Waals surface area contributed by atoms with Gasteiger partial charge in [0, 0.05) is 11.9 Å². The summed E-state index contributed by atoms with van der Waals surface area (Å²) in [5, 5.41) is 5.31. The van der Waals surface area contributed by atoms with Gasteiger partial charge in [-0.1, -0.05) is 0 Å². The van der Waals surface area contributed by atoms with E-state index in [-0.39, 0.29) is 5.91 Å². The van der Waals surface area contributed by atoms with E-state index < -0.39 is 0 Å². The van der Waals surface area contributed by atoms with Crippen molar-refractivity contribution in [1.82, 2.24) is 10.2 Å². The van der Waals surface area contributed by atoms with Gasteiger partial charge in [-0.3, -0.25) is 4.79 Å². The van der Waals surface area contributed by atoms with Crippen molar-refractivity contribution in [1.29, 1.82) is 0 Å². The van der Waals surface area contributed by atoms with Gasteiger partial charge in [0.2, 0.25) is 5.91 Å². The molecule has 1 saturated carbocycles. The fourth-order valence-corrected chi connectivity index (χ4v) is 2.67. The van der Waals surface area contributed by atoms with Crippen molar-refractivity contribution >= 4 is 17.2 Å². The molecule has 94 valence electrons. The molecule has 1 amide bonds. The number of nitrogens with zero attached hydrogens (tertiary/aromatic N) is 1. The normalized spacial score (nSPS) is 14.9. The van der Waals surface area contributed by atoms with E-state index in [9.17, 15) is 4.79 Å². The highest BCUT2D eigenvalue weighted by Crippen LogP contribution is 2.27. The summed E-state index contributed by atoms with van der Waals surface area (Å²) in [7, 11) is 1.88. The van der Waals surface area contributed by atoms with Crippen LogP contribution in [-0.2, 0) is 11.3 Å². The van der Waals surface area contributed by atoms with E-state index in [1.54, 1.807) is 16.2 Å². The molecule has 1 aromatic heterocycles. The maximum Gasteiger partial charge on any atom is 0.236 e. The second-order valence-corrected chi connectivity index (χ2v) is 5.85. The molecular weight excluding hydrogens is 232 g/mol. The number of thiophene rings is 1. The zero-order chi connectivity index (χ0) is 12.3. The Hall–Kier alpha value is -0.870. The molecule has 3 nitrogen and oxygen atoms in total. The van der Waals surface area contributed by atoms with Crippen molar-refractivity contribution < 1.29 is 4.79 Å². The van der Waals surface area contributed by atoms with E-state index in [2.05, 4.69) is 23.7 Å². The van der Waals surface area contributed by atoms with E-state index in [4.69, 9.17) is 0 Å². The van der Waals surface area contributed by atoms with Crippen molar-refractivity contribution in [2.24, 2.45) is 5.92 Å². The van der Waals surface area contributed by atoms with Gasteiger partial charge in [0.15, 0.2) is 0 Å². The fourth-order valence-electron chi connectivity index (χ4n) is 1.71. The number of carbonyl (C=O) groups excluding carboxylic acids is 1. The molecule has 0 saturated heterocycles. The third kappa shape index (κ3) is 3.82. The standard InChI is InChI=1S/C13H20N2OS/c1-10-5-6-17-12(10)9-15(2)13(16)8-14-7-11-3-4-11/h5-6,11,14H,3-4,7-9H2,1-2H3. The average molecular weight is 252 g/mol. The van der Waals surface area contributed by atoms with Gasteiger partial charge < -0.3 is 10.2 Å². The molecule has 1 fully saturated rings. The molecule has 1 aliphatic rings. The Balaban J connectivity index is 1.72. The van der Waals surface area contributed by atoms with Crippen molar-refractivity contribution in [2.45, 2.75) is 26.3 Å². The van der Waals surface area contributed by atoms with Gasteiger partial charge in [-0.15, -0.1) is 11.3 Å². The molecular formula is C13H20N2OS. The number of likely N-dealkylation sites (N-methyl/N-ethyl adjacent to an activating group) is 1. The zero-order valence-electron chi connectivity index (χ0n) is 10.5. The summed E-state index contributed by atoms with van der Waals surface area (Å²) in [6.45, 7) is 4.29. The van der Waals surface area contributed by atoms with E-state index in [1.807, 2.05) is 7.05 Å². The van der Waals surface area contributed by atoms with E-state index in [1.165, 1.54) is 23.3 Å². The molecule has 1 aliphatic carbocycles. The van der Waals surface area contributed by atoms with Gasteiger partial charge in [-0.05, 0) is 49.2 Å². The molecule has 2 rings (SSSR count). The minimum Gasteiger partial charge on any atom is -0.340 e. The van der Waals surface area contributed by atoms with E-state index in [0.717, 1.165) is 19.0 Å². The van der Waals surface area contributed by atoms with Crippen molar-refractivity contribution in [3.63, 3.8) is 0 Å². The lowest BCUT2D eigenvalue weighted by molar-refractivity contribution is -0.129. The number of aryl methyl sites for hydroxylation is 1. The lowest BCUT2D eigenvalue weighted by Crippen LogP contribution is -2.35.